The molecule has 3 aromatic carbocycles. The molecule has 5 nitrogen and oxygen atoms in total. The fourth-order valence-electron chi connectivity index (χ4n) is 3.95. The first-order valence-electron chi connectivity index (χ1n) is 11.1. The predicted molar refractivity (Wildman–Crippen MR) is 136 cm³/mol. The Balaban J connectivity index is 1.35. The third kappa shape index (κ3) is 5.99. The number of nitrogens with zero attached hydrogens (tertiary/aromatic N) is 2. The summed E-state index contributed by atoms with van der Waals surface area (Å²) in [4.78, 5) is 17.3. The van der Waals surface area contributed by atoms with Gasteiger partial charge in [0.05, 0.1) is 17.3 Å². The molecule has 0 radical (unpaired) electrons. The minimum absolute atomic E-state index is 0.200. The van der Waals surface area contributed by atoms with Gasteiger partial charge in [0.2, 0.25) is 0 Å². The van der Waals surface area contributed by atoms with E-state index in [0.29, 0.717) is 28.6 Å². The second kappa shape index (κ2) is 10.9. The van der Waals surface area contributed by atoms with Crippen LogP contribution in [-0.2, 0) is 6.54 Å². The first-order valence-corrected chi connectivity index (χ1v) is 11.8. The van der Waals surface area contributed by atoms with E-state index in [1.54, 1.807) is 24.3 Å². The number of benzene rings is 3. The third-order valence-electron chi connectivity index (χ3n) is 5.68. The summed E-state index contributed by atoms with van der Waals surface area (Å²) in [5, 5.41) is 4.35. The lowest BCUT2D eigenvalue weighted by molar-refractivity contribution is 0.102. The van der Waals surface area contributed by atoms with Gasteiger partial charge in [0.1, 0.15) is 5.75 Å². The van der Waals surface area contributed by atoms with Crippen molar-refractivity contribution in [3.8, 4) is 5.75 Å². The summed E-state index contributed by atoms with van der Waals surface area (Å²) >= 11 is 12.9. The van der Waals surface area contributed by atoms with Crippen LogP contribution in [0.4, 0.5) is 11.4 Å². The number of hydrogen-bond donors (Lipinski definition) is 1. The van der Waals surface area contributed by atoms with Gasteiger partial charge < -0.3 is 15.0 Å². The minimum Gasteiger partial charge on any atom is -0.494 e. The highest BCUT2D eigenvalue weighted by atomic mass is 35.5. The molecule has 172 valence electrons. The zero-order valence-electron chi connectivity index (χ0n) is 18.6. The van der Waals surface area contributed by atoms with Crippen LogP contribution in [0.2, 0.25) is 10.0 Å². The molecule has 0 spiro atoms. The van der Waals surface area contributed by atoms with Crippen molar-refractivity contribution in [2.24, 2.45) is 0 Å². The summed E-state index contributed by atoms with van der Waals surface area (Å²) in [6, 6.07) is 20.8. The van der Waals surface area contributed by atoms with Gasteiger partial charge in [0, 0.05) is 49.0 Å². The van der Waals surface area contributed by atoms with Crippen molar-refractivity contribution in [3.05, 3.63) is 87.9 Å². The Bertz CT molecular complexity index is 1110. The molecule has 1 aliphatic heterocycles. The van der Waals surface area contributed by atoms with Crippen LogP contribution in [0.5, 0.6) is 5.75 Å². The van der Waals surface area contributed by atoms with Gasteiger partial charge in [-0.15, -0.1) is 0 Å². The number of rotatable bonds is 7. The number of halogens is 2. The lowest BCUT2D eigenvalue weighted by Gasteiger charge is -2.36. The Morgan fingerprint density at radius 1 is 0.939 bits per heavy atom. The van der Waals surface area contributed by atoms with E-state index >= 15 is 0 Å². The Morgan fingerprint density at radius 2 is 1.73 bits per heavy atom. The quantitative estimate of drug-likeness (QED) is 0.449. The molecule has 0 aliphatic carbocycles. The Kier molecular flexibility index (Phi) is 7.76. The number of nitrogens with one attached hydrogen (secondary N) is 1. The van der Waals surface area contributed by atoms with Gasteiger partial charge in [-0.1, -0.05) is 47.5 Å². The molecule has 1 aliphatic rings. The van der Waals surface area contributed by atoms with Crippen LogP contribution >= 0.6 is 23.2 Å². The normalized spacial score (nSPS) is 14.2. The highest BCUT2D eigenvalue weighted by Gasteiger charge is 2.20. The van der Waals surface area contributed by atoms with E-state index in [1.165, 1.54) is 0 Å². The van der Waals surface area contributed by atoms with Gasteiger partial charge in [-0.05, 0) is 55.0 Å². The highest BCUT2D eigenvalue weighted by molar-refractivity contribution is 6.33. The van der Waals surface area contributed by atoms with E-state index in [2.05, 4.69) is 21.2 Å². The summed E-state index contributed by atoms with van der Waals surface area (Å²) in [5.41, 5.74) is 3.33. The fourth-order valence-corrected chi connectivity index (χ4v) is 4.45. The number of hydrogen-bond acceptors (Lipinski definition) is 4. The molecular formula is C26H27Cl2N3O2. The van der Waals surface area contributed by atoms with Crippen LogP contribution in [0.3, 0.4) is 0 Å². The summed E-state index contributed by atoms with van der Waals surface area (Å²) in [6.07, 6.45) is 0. The van der Waals surface area contributed by atoms with Gasteiger partial charge in [0.25, 0.3) is 5.91 Å². The predicted octanol–water partition coefficient (Wildman–Crippen LogP) is 5.97. The van der Waals surface area contributed by atoms with Gasteiger partial charge >= 0.3 is 0 Å². The van der Waals surface area contributed by atoms with Gasteiger partial charge in [-0.3, -0.25) is 9.69 Å². The second-order valence-corrected chi connectivity index (χ2v) is 8.75. The molecule has 0 saturated carbocycles. The van der Waals surface area contributed by atoms with Crippen LogP contribution in [0.25, 0.3) is 0 Å². The van der Waals surface area contributed by atoms with Crippen molar-refractivity contribution in [3.63, 3.8) is 0 Å². The first kappa shape index (κ1) is 23.4. The van der Waals surface area contributed by atoms with Gasteiger partial charge in [-0.25, -0.2) is 0 Å². The van der Waals surface area contributed by atoms with E-state index in [4.69, 9.17) is 27.9 Å². The molecule has 0 bridgehead atoms. The largest absolute Gasteiger partial charge is 0.494 e. The number of ether oxygens (including phenoxy) is 1. The van der Waals surface area contributed by atoms with E-state index in [9.17, 15) is 4.79 Å². The molecule has 1 N–H and O–H groups in total. The van der Waals surface area contributed by atoms with E-state index in [0.717, 1.165) is 49.0 Å². The van der Waals surface area contributed by atoms with Crippen LogP contribution in [0, 0.1) is 0 Å². The molecule has 1 amide bonds. The van der Waals surface area contributed by atoms with Crippen molar-refractivity contribution < 1.29 is 9.53 Å². The zero-order chi connectivity index (χ0) is 23.2. The lowest BCUT2D eigenvalue weighted by atomic mass is 10.1. The molecule has 0 unspecified atom stereocenters. The molecule has 0 atom stereocenters. The van der Waals surface area contributed by atoms with Crippen molar-refractivity contribution in [2.45, 2.75) is 13.5 Å². The molecule has 1 saturated heterocycles. The average molecular weight is 484 g/mol. The standard InChI is InChI=1S/C26H27Cl2N3O2/c1-2-33-22-8-5-7-19(16-22)26(32)29-21-10-11-25(24(28)17-21)31-14-12-30(13-15-31)18-20-6-3-4-9-23(20)27/h3-11,16-17H,2,12-15,18H2,1H3,(H,29,32). The third-order valence-corrected chi connectivity index (χ3v) is 6.35. The number of carbonyl (C=O) groups is 1. The monoisotopic (exact) mass is 483 g/mol. The molecule has 0 aromatic heterocycles. The minimum atomic E-state index is -0.200. The summed E-state index contributed by atoms with van der Waals surface area (Å²) in [6.45, 7) is 6.91. The van der Waals surface area contributed by atoms with Gasteiger partial charge in [0.15, 0.2) is 0 Å². The fraction of sp³-hybridized carbons (Fsp3) is 0.269. The average Bonchev–Trinajstić information content (AvgIpc) is 2.82. The molecule has 4 rings (SSSR count). The van der Waals surface area contributed by atoms with Crippen molar-refractivity contribution in [1.82, 2.24) is 4.90 Å². The summed E-state index contributed by atoms with van der Waals surface area (Å²) in [7, 11) is 0. The molecule has 33 heavy (non-hydrogen) atoms. The highest BCUT2D eigenvalue weighted by Crippen LogP contribution is 2.30. The molecule has 7 heteroatoms. The Hall–Kier alpha value is -2.73. The number of piperazine rings is 1. The van der Waals surface area contributed by atoms with Crippen LogP contribution in [0.1, 0.15) is 22.8 Å². The van der Waals surface area contributed by atoms with Crippen molar-refractivity contribution in [1.29, 1.82) is 0 Å². The molecule has 1 heterocycles. The first-order chi connectivity index (χ1) is 16.0. The van der Waals surface area contributed by atoms with Crippen molar-refractivity contribution >= 4 is 40.5 Å². The maximum atomic E-state index is 12.6. The van der Waals surface area contributed by atoms with Crippen LogP contribution in [-0.4, -0.2) is 43.6 Å². The molecule has 1 fully saturated rings. The van der Waals surface area contributed by atoms with E-state index < -0.39 is 0 Å². The van der Waals surface area contributed by atoms with E-state index in [-0.39, 0.29) is 5.91 Å². The summed E-state index contributed by atoms with van der Waals surface area (Å²) < 4.78 is 5.48. The zero-order valence-corrected chi connectivity index (χ0v) is 20.1. The van der Waals surface area contributed by atoms with Crippen molar-refractivity contribution in [2.75, 3.05) is 43.0 Å². The Labute approximate surface area is 204 Å². The van der Waals surface area contributed by atoms with Crippen LogP contribution < -0.4 is 15.0 Å². The number of amides is 1. The van der Waals surface area contributed by atoms with Gasteiger partial charge in [-0.2, -0.15) is 0 Å². The van der Waals surface area contributed by atoms with Crippen LogP contribution in [0.15, 0.2) is 66.7 Å². The maximum absolute atomic E-state index is 12.6. The lowest BCUT2D eigenvalue weighted by Crippen LogP contribution is -2.46. The maximum Gasteiger partial charge on any atom is 0.255 e. The topological polar surface area (TPSA) is 44.8 Å². The second-order valence-electron chi connectivity index (χ2n) is 7.94. The number of carbonyl (C=O) groups excluding carboxylic acids is 1. The Morgan fingerprint density at radius 3 is 2.45 bits per heavy atom. The SMILES string of the molecule is CCOc1cccc(C(=O)Nc2ccc(N3CCN(Cc4ccccc4Cl)CC3)c(Cl)c2)c1. The summed E-state index contributed by atoms with van der Waals surface area (Å²) in [5.74, 6) is 0.473. The van der Waals surface area contributed by atoms with E-state index in [1.807, 2.05) is 43.3 Å². The molecule has 3 aromatic rings. The number of anilines is 2. The molecular weight excluding hydrogens is 457 g/mol. The smallest absolute Gasteiger partial charge is 0.255 e.